The first-order valence-corrected chi connectivity index (χ1v) is 6.96. The second kappa shape index (κ2) is 6.33. The van der Waals surface area contributed by atoms with Crippen molar-refractivity contribution in [2.24, 2.45) is 0 Å². The maximum Gasteiger partial charge on any atom is 0.234 e. The second-order valence-electron chi connectivity index (χ2n) is 4.17. The van der Waals surface area contributed by atoms with Gasteiger partial charge in [-0.15, -0.1) is 5.10 Å². The summed E-state index contributed by atoms with van der Waals surface area (Å²) in [6.07, 6.45) is 0. The van der Waals surface area contributed by atoms with Crippen LogP contribution >= 0.6 is 11.8 Å². The summed E-state index contributed by atoms with van der Waals surface area (Å²) in [6.45, 7) is 3.30. The van der Waals surface area contributed by atoms with Crippen molar-refractivity contribution in [3.05, 3.63) is 35.7 Å². The molecule has 0 radical (unpaired) electrons. The summed E-state index contributed by atoms with van der Waals surface area (Å²) >= 11 is 1.26. The SMILES string of the molecule is CC(=O)c1ccc(NC(=O)CSc2n[nH]c(C)n2)cc1. The molecule has 7 heteroatoms. The van der Waals surface area contributed by atoms with E-state index in [-0.39, 0.29) is 17.4 Å². The van der Waals surface area contributed by atoms with Crippen molar-refractivity contribution in [2.45, 2.75) is 19.0 Å². The minimum atomic E-state index is -0.145. The van der Waals surface area contributed by atoms with E-state index in [0.717, 1.165) is 0 Å². The minimum absolute atomic E-state index is 0.00147. The lowest BCUT2D eigenvalue weighted by atomic mass is 10.1. The predicted octanol–water partition coefficient (Wildman–Crippen LogP) is 2.05. The Labute approximate surface area is 120 Å². The molecule has 0 fully saturated rings. The first-order valence-electron chi connectivity index (χ1n) is 5.97. The molecular formula is C13H14N4O2S. The molecule has 2 rings (SSSR count). The zero-order valence-corrected chi connectivity index (χ0v) is 12.0. The van der Waals surface area contributed by atoms with Gasteiger partial charge in [0.1, 0.15) is 5.82 Å². The van der Waals surface area contributed by atoms with E-state index in [4.69, 9.17) is 0 Å². The molecule has 1 heterocycles. The third-order valence-corrected chi connectivity index (χ3v) is 3.33. The molecule has 0 saturated carbocycles. The summed E-state index contributed by atoms with van der Waals surface area (Å²) in [5, 5.41) is 9.94. The Morgan fingerprint density at radius 2 is 2.00 bits per heavy atom. The van der Waals surface area contributed by atoms with E-state index in [0.29, 0.717) is 22.2 Å². The number of hydrogen-bond acceptors (Lipinski definition) is 5. The number of nitrogens with zero attached hydrogens (tertiary/aromatic N) is 2. The average Bonchev–Trinajstić information content (AvgIpc) is 2.83. The first kappa shape index (κ1) is 14.3. The standard InChI is InChI=1S/C13H14N4O2S/c1-8(18)10-3-5-11(6-4-10)15-12(19)7-20-13-14-9(2)16-17-13/h3-6H,7H2,1-2H3,(H,15,19)(H,14,16,17). The van der Waals surface area contributed by atoms with Gasteiger partial charge in [-0.25, -0.2) is 4.98 Å². The van der Waals surface area contributed by atoms with Crippen LogP contribution in [0.15, 0.2) is 29.4 Å². The van der Waals surface area contributed by atoms with Gasteiger partial charge >= 0.3 is 0 Å². The molecule has 0 atom stereocenters. The van der Waals surface area contributed by atoms with Crippen LogP contribution in [0.25, 0.3) is 0 Å². The Hall–Kier alpha value is -2.15. The first-order chi connectivity index (χ1) is 9.54. The number of Topliss-reactive ketones (excluding diaryl/α,β-unsaturated/α-hetero) is 1. The summed E-state index contributed by atoms with van der Waals surface area (Å²) in [4.78, 5) is 27.0. The van der Waals surface area contributed by atoms with Crippen molar-refractivity contribution < 1.29 is 9.59 Å². The molecule has 1 amide bonds. The van der Waals surface area contributed by atoms with Gasteiger partial charge in [-0.2, -0.15) is 0 Å². The number of aromatic nitrogens is 3. The van der Waals surface area contributed by atoms with Gasteiger partial charge in [0.2, 0.25) is 11.1 Å². The molecule has 2 aromatic rings. The van der Waals surface area contributed by atoms with Crippen molar-refractivity contribution >= 4 is 29.1 Å². The Bertz CT molecular complexity index is 622. The monoisotopic (exact) mass is 290 g/mol. The maximum absolute atomic E-state index is 11.7. The van der Waals surface area contributed by atoms with E-state index in [1.54, 1.807) is 31.2 Å². The second-order valence-corrected chi connectivity index (χ2v) is 5.12. The predicted molar refractivity (Wildman–Crippen MR) is 76.9 cm³/mol. The number of aromatic amines is 1. The van der Waals surface area contributed by atoms with Gasteiger partial charge in [-0.3, -0.25) is 14.7 Å². The summed E-state index contributed by atoms with van der Waals surface area (Å²) < 4.78 is 0. The topological polar surface area (TPSA) is 87.7 Å². The molecule has 0 aliphatic rings. The van der Waals surface area contributed by atoms with Crippen LogP contribution in [0, 0.1) is 6.92 Å². The molecule has 0 saturated heterocycles. The fourth-order valence-corrected chi connectivity index (χ4v) is 2.15. The van der Waals surface area contributed by atoms with Crippen LogP contribution < -0.4 is 5.32 Å². The number of rotatable bonds is 5. The number of benzene rings is 1. The van der Waals surface area contributed by atoms with E-state index in [9.17, 15) is 9.59 Å². The normalized spacial score (nSPS) is 10.3. The molecule has 0 spiro atoms. The van der Waals surface area contributed by atoms with Crippen LogP contribution in [0.3, 0.4) is 0 Å². The van der Waals surface area contributed by atoms with Crippen molar-refractivity contribution in [2.75, 3.05) is 11.1 Å². The number of nitrogens with one attached hydrogen (secondary N) is 2. The highest BCUT2D eigenvalue weighted by atomic mass is 32.2. The quantitative estimate of drug-likeness (QED) is 0.650. The lowest BCUT2D eigenvalue weighted by Crippen LogP contribution is -2.14. The Morgan fingerprint density at radius 1 is 1.30 bits per heavy atom. The van der Waals surface area contributed by atoms with E-state index in [1.165, 1.54) is 18.7 Å². The molecule has 20 heavy (non-hydrogen) atoms. The fourth-order valence-electron chi connectivity index (χ4n) is 1.50. The van der Waals surface area contributed by atoms with Crippen molar-refractivity contribution in [3.8, 4) is 0 Å². The van der Waals surface area contributed by atoms with E-state index in [1.807, 2.05) is 0 Å². The van der Waals surface area contributed by atoms with Gasteiger partial charge in [0, 0.05) is 11.3 Å². The van der Waals surface area contributed by atoms with Crippen LogP contribution in [0.2, 0.25) is 0 Å². The number of ketones is 1. The largest absolute Gasteiger partial charge is 0.325 e. The van der Waals surface area contributed by atoms with Gasteiger partial charge in [0.05, 0.1) is 5.75 Å². The van der Waals surface area contributed by atoms with Gasteiger partial charge in [-0.05, 0) is 38.1 Å². The Morgan fingerprint density at radius 3 is 2.55 bits per heavy atom. The number of anilines is 1. The number of amides is 1. The van der Waals surface area contributed by atoms with Gasteiger partial charge in [-0.1, -0.05) is 11.8 Å². The number of H-pyrrole nitrogens is 1. The Kier molecular flexibility index (Phi) is 4.52. The molecule has 1 aromatic heterocycles. The van der Waals surface area contributed by atoms with Gasteiger partial charge < -0.3 is 5.32 Å². The van der Waals surface area contributed by atoms with E-state index >= 15 is 0 Å². The summed E-state index contributed by atoms with van der Waals surface area (Å²) in [5.74, 6) is 0.797. The average molecular weight is 290 g/mol. The van der Waals surface area contributed by atoms with Gasteiger partial charge in [0.15, 0.2) is 5.78 Å². The van der Waals surface area contributed by atoms with Gasteiger partial charge in [0.25, 0.3) is 0 Å². The highest BCUT2D eigenvalue weighted by molar-refractivity contribution is 7.99. The Balaban J connectivity index is 1.86. The highest BCUT2D eigenvalue weighted by Gasteiger charge is 2.07. The van der Waals surface area contributed by atoms with Crippen molar-refractivity contribution in [3.63, 3.8) is 0 Å². The third kappa shape index (κ3) is 3.92. The van der Waals surface area contributed by atoms with E-state index < -0.39 is 0 Å². The number of hydrogen-bond donors (Lipinski definition) is 2. The summed E-state index contributed by atoms with van der Waals surface area (Å²) in [6, 6.07) is 6.78. The third-order valence-electron chi connectivity index (χ3n) is 2.48. The van der Waals surface area contributed by atoms with Crippen LogP contribution in [-0.2, 0) is 4.79 Å². The summed E-state index contributed by atoms with van der Waals surface area (Å²) in [7, 11) is 0. The van der Waals surface area contributed by atoms with Crippen LogP contribution in [-0.4, -0.2) is 32.6 Å². The van der Waals surface area contributed by atoms with Crippen molar-refractivity contribution in [1.29, 1.82) is 0 Å². The zero-order chi connectivity index (χ0) is 14.5. The molecule has 104 valence electrons. The van der Waals surface area contributed by atoms with E-state index in [2.05, 4.69) is 20.5 Å². The summed E-state index contributed by atoms with van der Waals surface area (Å²) in [5.41, 5.74) is 1.28. The van der Waals surface area contributed by atoms with Crippen molar-refractivity contribution in [1.82, 2.24) is 15.2 Å². The molecule has 0 unspecified atom stereocenters. The number of thioether (sulfide) groups is 1. The molecule has 2 N–H and O–H groups in total. The minimum Gasteiger partial charge on any atom is -0.325 e. The van der Waals surface area contributed by atoms with Crippen LogP contribution in [0.5, 0.6) is 0 Å². The molecule has 6 nitrogen and oxygen atoms in total. The maximum atomic E-state index is 11.7. The lowest BCUT2D eigenvalue weighted by Gasteiger charge is -2.04. The lowest BCUT2D eigenvalue weighted by molar-refractivity contribution is -0.113. The molecule has 0 bridgehead atoms. The number of carbonyl (C=O) groups excluding carboxylic acids is 2. The van der Waals surface area contributed by atoms with Crippen LogP contribution in [0.4, 0.5) is 5.69 Å². The molecule has 0 aliphatic carbocycles. The zero-order valence-electron chi connectivity index (χ0n) is 11.1. The molecule has 0 aliphatic heterocycles. The molecule has 1 aromatic carbocycles. The smallest absolute Gasteiger partial charge is 0.234 e. The highest BCUT2D eigenvalue weighted by Crippen LogP contribution is 2.14. The fraction of sp³-hybridized carbons (Fsp3) is 0.231. The van der Waals surface area contributed by atoms with Crippen LogP contribution in [0.1, 0.15) is 23.1 Å². The number of carbonyl (C=O) groups is 2. The molecular weight excluding hydrogens is 276 g/mol. The number of aryl methyl sites for hydroxylation is 1.